The zero-order valence-electron chi connectivity index (χ0n) is 15.1. The van der Waals surface area contributed by atoms with Gasteiger partial charge in [-0.3, -0.25) is 9.59 Å². The Labute approximate surface area is 178 Å². The quantitative estimate of drug-likeness (QED) is 0.320. The summed E-state index contributed by atoms with van der Waals surface area (Å²) in [5.74, 6) is -2.24. The third-order valence-corrected chi connectivity index (χ3v) is 6.20. The first-order valence-corrected chi connectivity index (χ1v) is 8.72. The fourth-order valence-corrected chi connectivity index (χ4v) is 5.06. The molecule has 2 aliphatic heterocycles. The number of thioether (sulfide) groups is 1. The van der Waals surface area contributed by atoms with Gasteiger partial charge in [-0.15, -0.1) is 11.8 Å². The molecule has 1 aromatic carbocycles. The van der Waals surface area contributed by atoms with Crippen molar-refractivity contribution in [2.45, 2.75) is 42.2 Å². The predicted molar refractivity (Wildman–Crippen MR) is 89.1 cm³/mol. The van der Waals surface area contributed by atoms with Gasteiger partial charge in [0.05, 0.1) is 18.4 Å². The number of benzene rings is 1. The van der Waals surface area contributed by atoms with Crippen LogP contribution in [0.25, 0.3) is 0 Å². The topological polar surface area (TPSA) is 98.8 Å². The van der Waals surface area contributed by atoms with Crippen LogP contribution in [0.2, 0.25) is 0 Å². The fourth-order valence-electron chi connectivity index (χ4n) is 3.40. The van der Waals surface area contributed by atoms with E-state index in [1.54, 1.807) is 13.8 Å². The Morgan fingerprint density at radius 2 is 1.92 bits per heavy atom. The summed E-state index contributed by atoms with van der Waals surface area (Å²) in [5.41, 5.74) is -0.736. The second-order valence-corrected chi connectivity index (χ2v) is 8.39. The molecule has 2 saturated heterocycles. The van der Waals surface area contributed by atoms with Crippen LogP contribution in [-0.4, -0.2) is 51.7 Å². The molecule has 3 rings (SSSR count). The smallest absolute Gasteiger partial charge is 0.548 e. The molecule has 134 valence electrons. The number of aliphatic carboxylic acids is 1. The van der Waals surface area contributed by atoms with Crippen LogP contribution in [0.4, 0.5) is 0 Å². The van der Waals surface area contributed by atoms with E-state index >= 15 is 0 Å². The summed E-state index contributed by atoms with van der Waals surface area (Å²) in [7, 11) is 1.33. The Bertz CT molecular complexity index is 729. The number of carboxylic acids is 1. The zero-order valence-corrected chi connectivity index (χ0v) is 18.0. The van der Waals surface area contributed by atoms with E-state index in [1.807, 2.05) is 30.3 Å². The van der Waals surface area contributed by atoms with Crippen LogP contribution in [0.5, 0.6) is 0 Å². The molecule has 0 unspecified atom stereocenters. The van der Waals surface area contributed by atoms with Gasteiger partial charge < -0.3 is 24.9 Å². The molecule has 1 N–H and O–H groups in total. The molecule has 9 heteroatoms. The van der Waals surface area contributed by atoms with Gasteiger partial charge in [-0.25, -0.2) is 0 Å². The van der Waals surface area contributed by atoms with Crippen molar-refractivity contribution in [3.8, 4) is 0 Å². The first-order chi connectivity index (χ1) is 11.7. The van der Waals surface area contributed by atoms with E-state index in [4.69, 9.17) is 4.74 Å². The van der Waals surface area contributed by atoms with Crippen molar-refractivity contribution >= 4 is 29.5 Å². The molecule has 2 amide bonds. The summed E-state index contributed by atoms with van der Waals surface area (Å²) in [6.07, 6.45) is 0.101. The standard InChI is InChI=1S/C17H20N2O5S.Na/c1-16(2)12(13(21)22)19-14(23)17(24-3,15(19)25-16)18-11(20)9-10-7-5-4-6-8-10;/h4-8,12,15H,9H2,1-3H3,(H,18,20)(H,21,22);/q;+1/p-1/t12-,15+,17-;/m0./s1. The maximum Gasteiger partial charge on any atom is 1.00 e. The first kappa shape index (κ1) is 21.2. The van der Waals surface area contributed by atoms with Crippen LogP contribution in [0.15, 0.2) is 30.3 Å². The summed E-state index contributed by atoms with van der Waals surface area (Å²) in [4.78, 5) is 37.8. The molecule has 2 heterocycles. The molecule has 0 saturated carbocycles. The minimum absolute atomic E-state index is 0. The molecule has 0 radical (unpaired) electrons. The molecule has 0 spiro atoms. The van der Waals surface area contributed by atoms with Crippen molar-refractivity contribution in [1.82, 2.24) is 10.2 Å². The second-order valence-electron chi connectivity index (χ2n) is 6.66. The molecule has 0 aromatic heterocycles. The number of carbonyl (C=O) groups is 3. The van der Waals surface area contributed by atoms with Gasteiger partial charge in [-0.05, 0) is 19.4 Å². The van der Waals surface area contributed by atoms with Gasteiger partial charge in [0.1, 0.15) is 5.37 Å². The minimum atomic E-state index is -1.54. The molecule has 1 aromatic rings. The number of carbonyl (C=O) groups excluding carboxylic acids is 3. The SMILES string of the molecule is CO[C@@]1(NC(=O)Cc2ccccc2)C(=O)N2[C@@H](C(=O)[O-])C(C)(C)S[C@@H]21.[Na+]. The number of nitrogens with zero attached hydrogens (tertiary/aromatic N) is 1. The number of hydrogen-bond acceptors (Lipinski definition) is 6. The average Bonchev–Trinajstić information content (AvgIpc) is 2.82. The fraction of sp³-hybridized carbons (Fsp3) is 0.471. The first-order valence-electron chi connectivity index (χ1n) is 7.84. The summed E-state index contributed by atoms with van der Waals surface area (Å²) in [5, 5.41) is 13.5. The van der Waals surface area contributed by atoms with Crippen LogP contribution in [-0.2, 0) is 25.5 Å². The normalized spacial score (nSPS) is 28.6. The average molecular weight is 386 g/mol. The van der Waals surface area contributed by atoms with Crippen molar-refractivity contribution < 1.29 is 53.8 Å². The Morgan fingerprint density at radius 3 is 2.46 bits per heavy atom. The number of β-lactam (4-membered cyclic amide) rings is 1. The molecular formula is C17H19N2NaO5S. The van der Waals surface area contributed by atoms with Crippen molar-refractivity contribution in [3.05, 3.63) is 35.9 Å². The summed E-state index contributed by atoms with van der Waals surface area (Å²) >= 11 is 1.28. The van der Waals surface area contributed by atoms with E-state index in [9.17, 15) is 19.5 Å². The third kappa shape index (κ3) is 3.29. The van der Waals surface area contributed by atoms with Crippen molar-refractivity contribution in [2.24, 2.45) is 0 Å². The molecule has 2 aliphatic rings. The van der Waals surface area contributed by atoms with E-state index in [0.717, 1.165) is 5.56 Å². The van der Waals surface area contributed by atoms with Crippen LogP contribution < -0.4 is 40.0 Å². The maximum absolute atomic E-state index is 12.7. The van der Waals surface area contributed by atoms with E-state index in [0.29, 0.717) is 0 Å². The van der Waals surface area contributed by atoms with Crippen molar-refractivity contribution in [3.63, 3.8) is 0 Å². The van der Waals surface area contributed by atoms with Gasteiger partial charge in [-0.2, -0.15) is 0 Å². The van der Waals surface area contributed by atoms with Crippen LogP contribution in [0.1, 0.15) is 19.4 Å². The van der Waals surface area contributed by atoms with E-state index in [1.165, 1.54) is 23.8 Å². The monoisotopic (exact) mass is 386 g/mol. The Balaban J connectivity index is 0.00000243. The van der Waals surface area contributed by atoms with E-state index in [-0.39, 0.29) is 41.9 Å². The number of hydrogen-bond donors (Lipinski definition) is 1. The summed E-state index contributed by atoms with van der Waals surface area (Å²) < 4.78 is 4.63. The van der Waals surface area contributed by atoms with Gasteiger partial charge >= 0.3 is 29.6 Å². The number of amides is 2. The molecule has 3 atom stereocenters. The van der Waals surface area contributed by atoms with E-state index < -0.39 is 33.8 Å². The van der Waals surface area contributed by atoms with Gasteiger partial charge in [0.25, 0.3) is 11.6 Å². The number of carboxylic acid groups (broad SMARTS) is 1. The molecule has 0 bridgehead atoms. The number of ether oxygens (including phenoxy) is 1. The zero-order chi connectivity index (χ0) is 18.4. The van der Waals surface area contributed by atoms with Crippen molar-refractivity contribution in [2.75, 3.05) is 7.11 Å². The number of nitrogens with one attached hydrogen (secondary N) is 1. The molecular weight excluding hydrogens is 367 g/mol. The Kier molecular flexibility index (Phi) is 6.14. The Hall–Kier alpha value is -1.06. The van der Waals surface area contributed by atoms with Crippen molar-refractivity contribution in [1.29, 1.82) is 0 Å². The van der Waals surface area contributed by atoms with Gasteiger partial charge in [0.2, 0.25) is 5.91 Å². The maximum atomic E-state index is 12.7. The predicted octanol–water partition coefficient (Wildman–Crippen LogP) is -3.50. The summed E-state index contributed by atoms with van der Waals surface area (Å²) in [6, 6.07) is 8.06. The summed E-state index contributed by atoms with van der Waals surface area (Å²) in [6.45, 7) is 3.46. The molecule has 0 aliphatic carbocycles. The number of methoxy groups -OCH3 is 1. The van der Waals surface area contributed by atoms with Crippen LogP contribution >= 0.6 is 11.8 Å². The van der Waals surface area contributed by atoms with Gasteiger partial charge in [-0.1, -0.05) is 30.3 Å². The molecule has 2 fully saturated rings. The van der Waals surface area contributed by atoms with Gasteiger partial charge in [0, 0.05) is 11.9 Å². The minimum Gasteiger partial charge on any atom is -0.548 e. The van der Waals surface area contributed by atoms with Crippen LogP contribution in [0, 0.1) is 0 Å². The second kappa shape index (κ2) is 7.52. The van der Waals surface area contributed by atoms with Gasteiger partial charge in [0.15, 0.2) is 0 Å². The number of fused-ring (bicyclic) bond motifs is 1. The Morgan fingerprint density at radius 1 is 1.31 bits per heavy atom. The molecule has 26 heavy (non-hydrogen) atoms. The largest absolute Gasteiger partial charge is 1.00 e. The van der Waals surface area contributed by atoms with E-state index in [2.05, 4.69) is 5.32 Å². The number of rotatable bonds is 5. The van der Waals surface area contributed by atoms with Crippen LogP contribution in [0.3, 0.4) is 0 Å². The third-order valence-electron chi connectivity index (χ3n) is 4.58. The molecule has 7 nitrogen and oxygen atoms in total.